The number of rotatable bonds is 9. The highest BCUT2D eigenvalue weighted by molar-refractivity contribution is 7.98. The van der Waals surface area contributed by atoms with Crippen LogP contribution in [0, 0.1) is 5.82 Å². The van der Waals surface area contributed by atoms with Crippen molar-refractivity contribution in [1.29, 1.82) is 0 Å². The molecule has 0 radical (unpaired) electrons. The lowest BCUT2D eigenvalue weighted by Gasteiger charge is -2.12. The Morgan fingerprint density at radius 1 is 0.881 bits per heavy atom. The summed E-state index contributed by atoms with van der Waals surface area (Å²) in [5, 5.41) is 9.83. The van der Waals surface area contributed by atoms with Gasteiger partial charge in [0, 0.05) is 53.4 Å². The summed E-state index contributed by atoms with van der Waals surface area (Å²) in [6.07, 6.45) is 4.03. The fourth-order valence-electron chi connectivity index (χ4n) is 4.46. The second-order valence-corrected chi connectivity index (χ2v) is 10.2. The molecular weight excluding hydrogens is 551 g/mol. The van der Waals surface area contributed by atoms with Crippen LogP contribution in [-0.4, -0.2) is 32.6 Å². The van der Waals surface area contributed by atoms with Gasteiger partial charge in [-0.25, -0.2) is 14.4 Å². The highest BCUT2D eigenvalue weighted by Gasteiger charge is 2.18. The van der Waals surface area contributed by atoms with Gasteiger partial charge in [-0.15, -0.1) is 0 Å². The molecule has 0 aliphatic heterocycles. The zero-order chi connectivity index (χ0) is 29.6. The summed E-state index contributed by atoms with van der Waals surface area (Å²) in [7, 11) is 1.95. The van der Waals surface area contributed by atoms with Gasteiger partial charge < -0.3 is 20.5 Å². The Bertz CT molecular complexity index is 1750. The Balaban J connectivity index is 1.36. The van der Waals surface area contributed by atoms with Crippen molar-refractivity contribution in [2.24, 2.45) is 7.05 Å². The number of carbonyl (C=O) groups is 2. The molecule has 2 amide bonds. The molecule has 212 valence electrons. The summed E-state index contributed by atoms with van der Waals surface area (Å²) in [5.41, 5.74) is 5.66. The molecule has 0 aliphatic rings. The van der Waals surface area contributed by atoms with Gasteiger partial charge in [-0.2, -0.15) is 0 Å². The van der Waals surface area contributed by atoms with Gasteiger partial charge in [0.05, 0.1) is 11.4 Å². The van der Waals surface area contributed by atoms with Crippen molar-refractivity contribution in [2.45, 2.75) is 18.5 Å². The van der Waals surface area contributed by atoms with Gasteiger partial charge in [0.2, 0.25) is 5.91 Å². The Morgan fingerprint density at radius 3 is 2.33 bits per heavy atom. The van der Waals surface area contributed by atoms with Crippen LogP contribution in [0.1, 0.15) is 23.7 Å². The second-order valence-electron chi connectivity index (χ2n) is 9.43. The first-order chi connectivity index (χ1) is 20.3. The van der Waals surface area contributed by atoms with Gasteiger partial charge in [-0.1, -0.05) is 30.8 Å². The molecule has 2 heterocycles. The first kappa shape index (κ1) is 28.6. The number of imidazole rings is 1. The van der Waals surface area contributed by atoms with E-state index in [0.29, 0.717) is 29.2 Å². The maximum Gasteiger partial charge on any atom is 0.255 e. The van der Waals surface area contributed by atoms with Crippen LogP contribution in [0.2, 0.25) is 0 Å². The van der Waals surface area contributed by atoms with E-state index in [9.17, 15) is 14.0 Å². The average molecular weight is 581 g/mol. The Labute approximate surface area is 247 Å². The number of pyridine rings is 1. The molecule has 8 nitrogen and oxygen atoms in total. The third-order valence-corrected chi connectivity index (χ3v) is 7.24. The molecule has 0 spiro atoms. The number of nitrogens with one attached hydrogen (secondary N) is 3. The minimum Gasteiger partial charge on any atom is -0.340 e. The molecule has 0 fully saturated rings. The topological polar surface area (TPSA) is 101 Å². The van der Waals surface area contributed by atoms with E-state index in [2.05, 4.69) is 20.9 Å². The number of amides is 2. The third-order valence-electron chi connectivity index (χ3n) is 6.51. The van der Waals surface area contributed by atoms with Crippen molar-refractivity contribution in [3.63, 3.8) is 0 Å². The van der Waals surface area contributed by atoms with Crippen molar-refractivity contribution in [2.75, 3.05) is 22.2 Å². The van der Waals surface area contributed by atoms with Crippen LogP contribution in [-0.2, 0) is 11.8 Å². The molecule has 42 heavy (non-hydrogen) atoms. The summed E-state index contributed by atoms with van der Waals surface area (Å²) >= 11 is 1.53. The first-order valence-corrected chi connectivity index (χ1v) is 14.5. The van der Waals surface area contributed by atoms with E-state index < -0.39 is 0 Å². The van der Waals surface area contributed by atoms with Gasteiger partial charge in [0.1, 0.15) is 11.6 Å². The number of anilines is 4. The van der Waals surface area contributed by atoms with Crippen LogP contribution in [0.15, 0.2) is 96.3 Å². The van der Waals surface area contributed by atoms with E-state index >= 15 is 0 Å². The predicted octanol–water partition coefficient (Wildman–Crippen LogP) is 7.35. The van der Waals surface area contributed by atoms with Crippen LogP contribution in [0.3, 0.4) is 0 Å². The number of hydrogen-bond acceptors (Lipinski definition) is 6. The van der Waals surface area contributed by atoms with E-state index in [0.717, 1.165) is 33.4 Å². The quantitative estimate of drug-likeness (QED) is 0.158. The number of thioether (sulfide) groups is 1. The van der Waals surface area contributed by atoms with Crippen molar-refractivity contribution in [1.82, 2.24) is 14.5 Å². The summed E-state index contributed by atoms with van der Waals surface area (Å²) < 4.78 is 15.6. The molecule has 3 N–H and O–H groups in total. The zero-order valence-electron chi connectivity index (χ0n) is 23.3. The fourth-order valence-corrected chi connectivity index (χ4v) is 5.01. The molecule has 0 atom stereocenters. The molecule has 0 saturated heterocycles. The third kappa shape index (κ3) is 6.50. The second kappa shape index (κ2) is 12.7. The minimum atomic E-state index is -0.302. The molecule has 0 saturated carbocycles. The van der Waals surface area contributed by atoms with E-state index in [1.54, 1.807) is 55.6 Å². The number of aromatic nitrogens is 3. The number of nitrogens with zero attached hydrogens (tertiary/aromatic N) is 3. The van der Waals surface area contributed by atoms with Crippen LogP contribution < -0.4 is 16.0 Å². The van der Waals surface area contributed by atoms with Crippen LogP contribution >= 0.6 is 11.8 Å². The lowest BCUT2D eigenvalue weighted by atomic mass is 10.1. The van der Waals surface area contributed by atoms with Gasteiger partial charge >= 0.3 is 0 Å². The molecular formula is C32H29FN6O2S. The van der Waals surface area contributed by atoms with Crippen molar-refractivity contribution in [3.05, 3.63) is 103 Å². The lowest BCUT2D eigenvalue weighted by Crippen LogP contribution is -2.14. The van der Waals surface area contributed by atoms with Crippen LogP contribution in [0.25, 0.3) is 22.5 Å². The van der Waals surface area contributed by atoms with Crippen molar-refractivity contribution >= 4 is 46.5 Å². The van der Waals surface area contributed by atoms with Gasteiger partial charge in [-0.05, 0) is 79.1 Å². The number of hydrogen-bond donors (Lipinski definition) is 3. The smallest absolute Gasteiger partial charge is 0.255 e. The van der Waals surface area contributed by atoms with E-state index in [1.165, 1.54) is 23.9 Å². The normalized spacial score (nSPS) is 10.8. The molecule has 5 rings (SSSR count). The summed E-state index contributed by atoms with van der Waals surface area (Å²) in [6, 6.07) is 24.3. The molecule has 2 aromatic heterocycles. The standard InChI is InChI=1S/C32H29FN6O2S/c1-4-28(40)36-24-8-5-7-22(17-24)31(41)37-26-10-6-9-25(19-26)35-27-18-21(15-16-34-27)30-29(38-32(42-3)39(30)2)20-11-13-23(33)14-12-20/h5-19H,4H2,1-3H3,(H,34,35)(H,36,40)(H,37,41). The monoisotopic (exact) mass is 580 g/mol. The number of halogens is 1. The summed E-state index contributed by atoms with van der Waals surface area (Å²) in [6.45, 7) is 1.77. The first-order valence-electron chi connectivity index (χ1n) is 13.3. The van der Waals surface area contributed by atoms with Crippen molar-refractivity contribution in [3.8, 4) is 22.5 Å². The van der Waals surface area contributed by atoms with Crippen molar-refractivity contribution < 1.29 is 14.0 Å². The molecule has 10 heteroatoms. The highest BCUT2D eigenvalue weighted by atomic mass is 32.2. The number of carbonyl (C=O) groups excluding carboxylic acids is 2. The van der Waals surface area contributed by atoms with Gasteiger partial charge in [-0.3, -0.25) is 9.59 Å². The molecule has 5 aromatic rings. The Morgan fingerprint density at radius 2 is 1.60 bits per heavy atom. The Kier molecular flexibility index (Phi) is 8.63. The molecule has 0 bridgehead atoms. The fraction of sp³-hybridized carbons (Fsp3) is 0.125. The summed E-state index contributed by atoms with van der Waals surface area (Å²) in [5.74, 6) is -0.116. The number of benzene rings is 3. The SMILES string of the molecule is CCC(=O)Nc1cccc(C(=O)Nc2cccc(Nc3cc(-c4c(-c5ccc(F)cc5)nc(SC)n4C)ccn3)c2)c1. The zero-order valence-corrected chi connectivity index (χ0v) is 24.1. The van der Waals surface area contributed by atoms with Crippen LogP contribution in [0.5, 0.6) is 0 Å². The summed E-state index contributed by atoms with van der Waals surface area (Å²) in [4.78, 5) is 34.0. The maximum absolute atomic E-state index is 13.6. The maximum atomic E-state index is 13.6. The predicted molar refractivity (Wildman–Crippen MR) is 167 cm³/mol. The van der Waals surface area contributed by atoms with Crippen LogP contribution in [0.4, 0.5) is 27.3 Å². The van der Waals surface area contributed by atoms with E-state index in [1.807, 2.05) is 48.2 Å². The molecule has 0 unspecified atom stereocenters. The highest BCUT2D eigenvalue weighted by Crippen LogP contribution is 2.35. The van der Waals surface area contributed by atoms with Gasteiger partial charge in [0.15, 0.2) is 5.16 Å². The average Bonchev–Trinajstić information content (AvgIpc) is 3.33. The molecule has 3 aromatic carbocycles. The minimum absolute atomic E-state index is 0.122. The molecule has 0 aliphatic carbocycles. The van der Waals surface area contributed by atoms with E-state index in [-0.39, 0.29) is 17.6 Å². The largest absolute Gasteiger partial charge is 0.340 e. The van der Waals surface area contributed by atoms with E-state index in [4.69, 9.17) is 4.98 Å². The lowest BCUT2D eigenvalue weighted by molar-refractivity contribution is -0.115. The van der Waals surface area contributed by atoms with Gasteiger partial charge in [0.25, 0.3) is 5.91 Å². The Hall–Kier alpha value is -4.96.